The second-order valence-electron chi connectivity index (χ2n) is 6.53. The lowest BCUT2D eigenvalue weighted by Crippen LogP contribution is -2.02. The fourth-order valence-corrected chi connectivity index (χ4v) is 3.82. The van der Waals surface area contributed by atoms with Gasteiger partial charge in [-0.15, -0.1) is 0 Å². The van der Waals surface area contributed by atoms with E-state index in [-0.39, 0.29) is 5.63 Å². The van der Waals surface area contributed by atoms with Gasteiger partial charge in [-0.05, 0) is 41.8 Å². The topological polar surface area (TPSA) is 43.1 Å². The molecule has 130 valence electrons. The van der Waals surface area contributed by atoms with Gasteiger partial charge in [0.05, 0.1) is 11.0 Å². The molecule has 0 aliphatic carbocycles. The molecular weight excluding hydrogens is 358 g/mol. The van der Waals surface area contributed by atoms with Crippen LogP contribution in [0.25, 0.3) is 32.8 Å². The maximum absolute atomic E-state index is 12.1. The van der Waals surface area contributed by atoms with Crippen LogP contribution in [0.1, 0.15) is 11.1 Å². The van der Waals surface area contributed by atoms with E-state index in [0.717, 1.165) is 38.3 Å². The number of hydrogen-bond donors (Lipinski definition) is 0. The van der Waals surface area contributed by atoms with Gasteiger partial charge in [-0.25, -0.2) is 9.78 Å². The first kappa shape index (κ1) is 16.0. The SMILES string of the molecule is O=c1cc(Cc2c3ccccc3nc3ccccc23)c2ccc(Cl)cc2o1. The summed E-state index contributed by atoms with van der Waals surface area (Å²) in [4.78, 5) is 16.9. The average Bonchev–Trinajstić information content (AvgIpc) is 2.67. The van der Waals surface area contributed by atoms with Crippen LogP contribution in [-0.2, 0) is 6.42 Å². The first-order chi connectivity index (χ1) is 13.2. The van der Waals surface area contributed by atoms with Gasteiger partial charge in [-0.1, -0.05) is 48.0 Å². The fourth-order valence-electron chi connectivity index (χ4n) is 3.66. The summed E-state index contributed by atoms with van der Waals surface area (Å²) >= 11 is 6.07. The summed E-state index contributed by atoms with van der Waals surface area (Å²) in [5.41, 5.74) is 4.09. The summed E-state index contributed by atoms with van der Waals surface area (Å²) in [6, 6.07) is 23.2. The molecular formula is C23H14ClNO2. The third-order valence-corrected chi connectivity index (χ3v) is 5.09. The zero-order valence-electron chi connectivity index (χ0n) is 14.3. The van der Waals surface area contributed by atoms with E-state index in [0.29, 0.717) is 17.0 Å². The van der Waals surface area contributed by atoms with Gasteiger partial charge in [0.25, 0.3) is 0 Å². The van der Waals surface area contributed by atoms with Gasteiger partial charge in [-0.2, -0.15) is 0 Å². The molecule has 0 N–H and O–H groups in total. The molecule has 0 radical (unpaired) electrons. The summed E-state index contributed by atoms with van der Waals surface area (Å²) in [6.45, 7) is 0. The average molecular weight is 372 g/mol. The summed E-state index contributed by atoms with van der Waals surface area (Å²) < 4.78 is 5.34. The lowest BCUT2D eigenvalue weighted by molar-refractivity contribution is 0.559. The van der Waals surface area contributed by atoms with Crippen LogP contribution < -0.4 is 5.63 Å². The van der Waals surface area contributed by atoms with Crippen LogP contribution in [0.4, 0.5) is 0 Å². The van der Waals surface area contributed by atoms with Gasteiger partial charge in [0.15, 0.2) is 0 Å². The highest BCUT2D eigenvalue weighted by atomic mass is 35.5. The van der Waals surface area contributed by atoms with E-state index in [2.05, 4.69) is 12.1 Å². The minimum Gasteiger partial charge on any atom is -0.423 e. The Morgan fingerprint density at radius 3 is 2.19 bits per heavy atom. The standard InChI is InChI=1S/C23H14ClNO2/c24-15-9-10-16-14(12-23(26)27-22(16)13-15)11-19-17-5-1-3-7-20(17)25-21-8-4-2-6-18(19)21/h1-10,12-13H,11H2. The minimum absolute atomic E-state index is 0.373. The smallest absolute Gasteiger partial charge is 0.336 e. The molecule has 0 aliphatic heterocycles. The largest absolute Gasteiger partial charge is 0.423 e. The lowest BCUT2D eigenvalue weighted by Gasteiger charge is -2.12. The van der Waals surface area contributed by atoms with Crippen molar-refractivity contribution < 1.29 is 4.42 Å². The number of rotatable bonds is 2. The van der Waals surface area contributed by atoms with E-state index >= 15 is 0 Å². The highest BCUT2D eigenvalue weighted by molar-refractivity contribution is 6.31. The van der Waals surface area contributed by atoms with Crippen molar-refractivity contribution in [2.45, 2.75) is 6.42 Å². The van der Waals surface area contributed by atoms with Gasteiger partial charge in [-0.3, -0.25) is 0 Å². The van der Waals surface area contributed by atoms with Crippen LogP contribution in [0.3, 0.4) is 0 Å². The van der Waals surface area contributed by atoms with E-state index in [9.17, 15) is 4.79 Å². The van der Waals surface area contributed by atoms with Crippen LogP contribution >= 0.6 is 11.6 Å². The van der Waals surface area contributed by atoms with Crippen molar-refractivity contribution in [2.24, 2.45) is 0 Å². The van der Waals surface area contributed by atoms with Crippen molar-refractivity contribution in [1.82, 2.24) is 4.98 Å². The lowest BCUT2D eigenvalue weighted by atomic mass is 9.95. The molecule has 0 bridgehead atoms. The monoisotopic (exact) mass is 371 g/mol. The quantitative estimate of drug-likeness (QED) is 0.293. The number of para-hydroxylation sites is 2. The third kappa shape index (κ3) is 2.77. The van der Waals surface area contributed by atoms with E-state index in [1.54, 1.807) is 12.1 Å². The highest BCUT2D eigenvalue weighted by Gasteiger charge is 2.13. The molecule has 3 aromatic carbocycles. The Balaban J connectivity index is 1.82. The summed E-state index contributed by atoms with van der Waals surface area (Å²) in [5, 5.41) is 3.62. The molecule has 0 fully saturated rings. The molecule has 3 nitrogen and oxygen atoms in total. The molecule has 0 amide bonds. The maximum Gasteiger partial charge on any atom is 0.336 e. The van der Waals surface area contributed by atoms with E-state index < -0.39 is 0 Å². The van der Waals surface area contributed by atoms with Crippen LogP contribution in [-0.4, -0.2) is 4.98 Å². The number of benzene rings is 3. The second-order valence-corrected chi connectivity index (χ2v) is 6.97. The predicted molar refractivity (Wildman–Crippen MR) is 110 cm³/mol. The molecule has 0 spiro atoms. The van der Waals surface area contributed by atoms with Gasteiger partial charge in [0, 0.05) is 33.3 Å². The molecule has 5 rings (SSSR count). The van der Waals surface area contributed by atoms with Crippen LogP contribution in [0, 0.1) is 0 Å². The van der Waals surface area contributed by atoms with Crippen molar-refractivity contribution in [3.8, 4) is 0 Å². The zero-order valence-corrected chi connectivity index (χ0v) is 15.0. The number of fused-ring (bicyclic) bond motifs is 3. The van der Waals surface area contributed by atoms with Crippen LogP contribution in [0.15, 0.2) is 82.0 Å². The van der Waals surface area contributed by atoms with E-state index in [4.69, 9.17) is 21.0 Å². The van der Waals surface area contributed by atoms with Crippen molar-refractivity contribution in [3.63, 3.8) is 0 Å². The Morgan fingerprint density at radius 1 is 0.815 bits per heavy atom. The van der Waals surface area contributed by atoms with Gasteiger partial charge in [0.1, 0.15) is 5.58 Å². The van der Waals surface area contributed by atoms with Crippen molar-refractivity contribution in [2.75, 3.05) is 0 Å². The van der Waals surface area contributed by atoms with Gasteiger partial charge in [0.2, 0.25) is 0 Å². The number of halogens is 1. The summed E-state index contributed by atoms with van der Waals surface area (Å²) in [7, 11) is 0. The van der Waals surface area contributed by atoms with Crippen molar-refractivity contribution >= 4 is 44.4 Å². The molecule has 27 heavy (non-hydrogen) atoms. The third-order valence-electron chi connectivity index (χ3n) is 4.86. The molecule has 0 aliphatic rings. The van der Waals surface area contributed by atoms with Crippen molar-refractivity contribution in [3.05, 3.63) is 99.4 Å². The zero-order chi connectivity index (χ0) is 18.4. The maximum atomic E-state index is 12.1. The molecule has 2 heterocycles. The number of pyridine rings is 1. The Morgan fingerprint density at radius 2 is 1.48 bits per heavy atom. The molecule has 0 saturated heterocycles. The molecule has 5 aromatic rings. The Kier molecular flexibility index (Phi) is 3.69. The summed E-state index contributed by atoms with van der Waals surface area (Å²) in [6.07, 6.45) is 0.604. The Labute approximate surface area is 159 Å². The first-order valence-electron chi connectivity index (χ1n) is 8.68. The number of aromatic nitrogens is 1. The Bertz CT molecular complexity index is 1330. The van der Waals surface area contributed by atoms with E-state index in [1.807, 2.05) is 48.5 Å². The number of hydrogen-bond acceptors (Lipinski definition) is 3. The minimum atomic E-state index is -0.373. The Hall–Kier alpha value is -3.17. The van der Waals surface area contributed by atoms with Crippen molar-refractivity contribution in [1.29, 1.82) is 0 Å². The first-order valence-corrected chi connectivity index (χ1v) is 9.05. The van der Waals surface area contributed by atoms with Crippen LogP contribution in [0.5, 0.6) is 0 Å². The second kappa shape index (κ2) is 6.22. The molecule has 0 saturated carbocycles. The molecule has 0 atom stereocenters. The predicted octanol–water partition coefficient (Wildman–Crippen LogP) is 5.74. The molecule has 4 heteroatoms. The summed E-state index contributed by atoms with van der Waals surface area (Å²) in [5.74, 6) is 0. The van der Waals surface area contributed by atoms with Gasteiger partial charge >= 0.3 is 5.63 Å². The molecule has 0 unspecified atom stereocenters. The molecule has 2 aromatic heterocycles. The highest BCUT2D eigenvalue weighted by Crippen LogP contribution is 2.30. The van der Waals surface area contributed by atoms with E-state index in [1.165, 1.54) is 0 Å². The van der Waals surface area contributed by atoms with Gasteiger partial charge < -0.3 is 4.42 Å². The van der Waals surface area contributed by atoms with Crippen LogP contribution in [0.2, 0.25) is 5.02 Å². The fraction of sp³-hybridized carbons (Fsp3) is 0.0435. The normalized spacial score (nSPS) is 11.4. The number of nitrogens with zero attached hydrogens (tertiary/aromatic N) is 1.